The molecule has 1 aliphatic rings. The summed E-state index contributed by atoms with van der Waals surface area (Å²) in [7, 11) is 0. The summed E-state index contributed by atoms with van der Waals surface area (Å²) in [6.45, 7) is 2.41. The number of allylic oxidation sites excluding steroid dienone is 2. The van der Waals surface area contributed by atoms with Crippen molar-refractivity contribution in [1.29, 1.82) is 0 Å². The summed E-state index contributed by atoms with van der Waals surface area (Å²) >= 11 is -1.20. The fourth-order valence-electron chi connectivity index (χ4n) is 2.03. The van der Waals surface area contributed by atoms with Crippen molar-refractivity contribution >= 4 is 21.4 Å². The van der Waals surface area contributed by atoms with E-state index >= 15 is 0 Å². The van der Waals surface area contributed by atoms with Gasteiger partial charge in [-0.3, -0.25) is 0 Å². The van der Waals surface area contributed by atoms with Gasteiger partial charge in [0.1, 0.15) is 0 Å². The molecule has 1 atom stereocenters. The predicted octanol–water partition coefficient (Wildman–Crippen LogP) is 3.22. The normalized spacial score (nSPS) is 21.0. The summed E-state index contributed by atoms with van der Waals surface area (Å²) in [5.74, 6) is 0. The van der Waals surface area contributed by atoms with E-state index in [9.17, 15) is 0 Å². The molecule has 13 heavy (non-hydrogen) atoms. The SMILES string of the molecule is C[CH]1C=C[CH2][In]1[CH2]c1ccccc1. The van der Waals surface area contributed by atoms with Crippen LogP contribution < -0.4 is 0 Å². The molecule has 0 saturated carbocycles. The molecule has 0 fully saturated rings. The van der Waals surface area contributed by atoms with E-state index in [-0.39, 0.29) is 0 Å². The Kier molecular flexibility index (Phi) is 3.15. The molecule has 1 unspecified atom stereocenters. The van der Waals surface area contributed by atoms with Gasteiger partial charge in [-0.25, -0.2) is 0 Å². The van der Waals surface area contributed by atoms with Crippen molar-refractivity contribution in [2.75, 3.05) is 0 Å². The zero-order valence-electron chi connectivity index (χ0n) is 8.11. The van der Waals surface area contributed by atoms with Crippen LogP contribution in [0.4, 0.5) is 0 Å². The summed E-state index contributed by atoms with van der Waals surface area (Å²) in [5, 5.41) is 0. The molecule has 1 aliphatic heterocycles. The fraction of sp³-hybridized carbons (Fsp3) is 0.333. The molecule has 1 heterocycles. The number of benzene rings is 1. The molecule has 1 aromatic rings. The third kappa shape index (κ3) is 2.40. The minimum atomic E-state index is -1.20. The van der Waals surface area contributed by atoms with Gasteiger partial charge in [0.2, 0.25) is 0 Å². The molecule has 0 nitrogen and oxygen atoms in total. The van der Waals surface area contributed by atoms with Crippen LogP contribution in [-0.2, 0) is 4.18 Å². The molecule has 0 saturated heterocycles. The molecule has 0 aliphatic carbocycles. The molecular weight excluding hydrogens is 259 g/mol. The molecule has 1 aromatic carbocycles. The van der Waals surface area contributed by atoms with Gasteiger partial charge in [-0.15, -0.1) is 0 Å². The van der Waals surface area contributed by atoms with Crippen LogP contribution >= 0.6 is 0 Å². The van der Waals surface area contributed by atoms with Crippen molar-refractivity contribution in [2.45, 2.75) is 19.0 Å². The van der Waals surface area contributed by atoms with E-state index in [4.69, 9.17) is 0 Å². The Bertz CT molecular complexity index is 289. The van der Waals surface area contributed by atoms with Gasteiger partial charge in [-0.1, -0.05) is 0 Å². The maximum absolute atomic E-state index is 2.43. The van der Waals surface area contributed by atoms with Crippen LogP contribution in [0.5, 0.6) is 0 Å². The quantitative estimate of drug-likeness (QED) is 0.726. The van der Waals surface area contributed by atoms with Crippen LogP contribution in [0.2, 0.25) is 7.85 Å². The number of hydrogen-bond donors (Lipinski definition) is 0. The summed E-state index contributed by atoms with van der Waals surface area (Å²) in [5.41, 5.74) is 1.57. The summed E-state index contributed by atoms with van der Waals surface area (Å²) in [6.07, 6.45) is 4.85. The number of hydrogen-bond acceptors (Lipinski definition) is 0. The molecule has 66 valence electrons. The summed E-state index contributed by atoms with van der Waals surface area (Å²) in [6, 6.07) is 11.0. The van der Waals surface area contributed by atoms with E-state index in [2.05, 4.69) is 49.4 Å². The van der Waals surface area contributed by atoms with E-state index in [1.807, 2.05) is 0 Å². The van der Waals surface area contributed by atoms with Crippen molar-refractivity contribution in [1.82, 2.24) is 0 Å². The van der Waals surface area contributed by atoms with Crippen LogP contribution in [0.25, 0.3) is 0 Å². The van der Waals surface area contributed by atoms with Gasteiger partial charge in [0, 0.05) is 0 Å². The summed E-state index contributed by atoms with van der Waals surface area (Å²) in [4.78, 5) is 0. The average Bonchev–Trinajstić information content (AvgIpc) is 2.54. The molecule has 0 bridgehead atoms. The first-order chi connectivity index (χ1) is 6.36. The molecule has 0 aromatic heterocycles. The molecular formula is C12H15In. The van der Waals surface area contributed by atoms with E-state index in [1.165, 1.54) is 8.35 Å². The van der Waals surface area contributed by atoms with Gasteiger partial charge in [0.15, 0.2) is 0 Å². The Balaban J connectivity index is 1.99. The third-order valence-corrected chi connectivity index (χ3v) is 13.2. The monoisotopic (exact) mass is 274 g/mol. The Morgan fingerprint density at radius 3 is 2.69 bits per heavy atom. The van der Waals surface area contributed by atoms with Crippen LogP contribution in [0.3, 0.4) is 0 Å². The Morgan fingerprint density at radius 1 is 1.31 bits per heavy atom. The first-order valence-corrected chi connectivity index (χ1v) is 11.6. The van der Waals surface area contributed by atoms with Crippen molar-refractivity contribution in [3.05, 3.63) is 48.0 Å². The van der Waals surface area contributed by atoms with Gasteiger partial charge in [0.25, 0.3) is 0 Å². The average molecular weight is 274 g/mol. The van der Waals surface area contributed by atoms with Crippen LogP contribution in [-0.4, -0.2) is 21.4 Å². The Morgan fingerprint density at radius 2 is 2.08 bits per heavy atom. The maximum atomic E-state index is 2.43. The van der Waals surface area contributed by atoms with Crippen molar-refractivity contribution in [3.63, 3.8) is 0 Å². The second kappa shape index (κ2) is 4.36. The predicted molar refractivity (Wildman–Crippen MR) is 59.3 cm³/mol. The van der Waals surface area contributed by atoms with E-state index in [0.29, 0.717) is 0 Å². The van der Waals surface area contributed by atoms with Crippen molar-refractivity contribution < 1.29 is 0 Å². The van der Waals surface area contributed by atoms with Gasteiger partial charge in [-0.05, 0) is 0 Å². The first kappa shape index (κ1) is 9.39. The zero-order valence-corrected chi connectivity index (χ0v) is 11.4. The van der Waals surface area contributed by atoms with Gasteiger partial charge in [-0.2, -0.15) is 0 Å². The van der Waals surface area contributed by atoms with E-state index in [0.717, 1.165) is 3.67 Å². The topological polar surface area (TPSA) is 0 Å². The van der Waals surface area contributed by atoms with Gasteiger partial charge in [0.05, 0.1) is 0 Å². The number of rotatable bonds is 2. The van der Waals surface area contributed by atoms with Crippen molar-refractivity contribution in [2.24, 2.45) is 0 Å². The first-order valence-electron chi connectivity index (χ1n) is 5.07. The van der Waals surface area contributed by atoms with Crippen LogP contribution in [0.1, 0.15) is 12.5 Å². The van der Waals surface area contributed by atoms with Crippen LogP contribution in [0.15, 0.2) is 42.5 Å². The molecule has 0 spiro atoms. The second-order valence-corrected chi connectivity index (χ2v) is 13.8. The van der Waals surface area contributed by atoms with Crippen molar-refractivity contribution in [3.8, 4) is 0 Å². The molecule has 2 rings (SSSR count). The molecule has 0 N–H and O–H groups in total. The minimum absolute atomic E-state index is 0.974. The van der Waals surface area contributed by atoms with E-state index < -0.39 is 21.4 Å². The van der Waals surface area contributed by atoms with Gasteiger partial charge >= 0.3 is 88.4 Å². The van der Waals surface area contributed by atoms with Crippen LogP contribution in [0, 0.1) is 0 Å². The Labute approximate surface area is 88.2 Å². The van der Waals surface area contributed by atoms with Gasteiger partial charge < -0.3 is 0 Å². The second-order valence-electron chi connectivity index (χ2n) is 3.97. The molecule has 1 heteroatoms. The molecule has 0 radical (unpaired) electrons. The van der Waals surface area contributed by atoms with E-state index in [1.54, 1.807) is 5.56 Å². The summed E-state index contributed by atoms with van der Waals surface area (Å²) < 4.78 is 3.89. The standard InChI is InChI=1S/C7H7.C5H8.In/c1-7-5-3-2-4-6-7;1-3-5-4-2;/h2-6H,1H2;3-5H,1H2,2H3;. The molecule has 0 amide bonds. The zero-order chi connectivity index (χ0) is 9.10. The Hall–Kier alpha value is -0.170. The third-order valence-electron chi connectivity index (χ3n) is 2.96. The fourth-order valence-corrected chi connectivity index (χ4v) is 10.1.